The molecule has 0 aliphatic heterocycles. The lowest BCUT2D eigenvalue weighted by molar-refractivity contribution is 1.02. The number of nitrogens with one attached hydrogen (secondary N) is 1. The maximum absolute atomic E-state index is 2.75. The van der Waals surface area contributed by atoms with Gasteiger partial charge < -0.3 is 5.32 Å². The summed E-state index contributed by atoms with van der Waals surface area (Å²) >= 11 is 1.78. The van der Waals surface area contributed by atoms with Gasteiger partial charge in [0.15, 0.2) is 0 Å². The van der Waals surface area contributed by atoms with Crippen LogP contribution in [0.5, 0.6) is 0 Å². The van der Waals surface area contributed by atoms with Gasteiger partial charge in [-0.2, -0.15) is 0 Å². The molecule has 0 saturated heterocycles. The molecule has 74 valence electrons. The van der Waals surface area contributed by atoms with Gasteiger partial charge in [-0.1, -0.05) is 36.4 Å². The molecule has 1 heterocycles. The van der Waals surface area contributed by atoms with Crippen LogP contribution in [0.1, 0.15) is 0 Å². The summed E-state index contributed by atoms with van der Waals surface area (Å²) < 4.78 is 0. The van der Waals surface area contributed by atoms with Crippen LogP contribution in [0, 0.1) is 0 Å². The summed E-state index contributed by atoms with van der Waals surface area (Å²) in [6.45, 7) is 0. The van der Waals surface area contributed by atoms with Crippen LogP contribution in [0.3, 0.4) is 0 Å². The SMILES string of the molecule is CNC.c1ccc(-c2cccs2)cc1. The number of hydrogen-bond donors (Lipinski definition) is 1. The normalized spacial score (nSPS) is 9.00. The molecule has 2 heteroatoms. The van der Waals surface area contributed by atoms with Crippen LogP contribution >= 0.6 is 11.3 Å². The maximum atomic E-state index is 2.75. The number of hydrogen-bond acceptors (Lipinski definition) is 2. The van der Waals surface area contributed by atoms with Crippen LogP contribution in [0.15, 0.2) is 47.8 Å². The Balaban J connectivity index is 0.000000293. The Labute approximate surface area is 89.4 Å². The highest BCUT2D eigenvalue weighted by Crippen LogP contribution is 2.23. The third kappa shape index (κ3) is 3.32. The van der Waals surface area contributed by atoms with Gasteiger partial charge in [0.1, 0.15) is 0 Å². The lowest BCUT2D eigenvalue weighted by Gasteiger charge is -1.93. The van der Waals surface area contributed by atoms with E-state index in [0.717, 1.165) is 0 Å². The van der Waals surface area contributed by atoms with E-state index in [4.69, 9.17) is 0 Å². The largest absolute Gasteiger partial charge is 0.323 e. The summed E-state index contributed by atoms with van der Waals surface area (Å²) in [4.78, 5) is 1.34. The molecule has 0 atom stereocenters. The highest BCUT2D eigenvalue weighted by atomic mass is 32.1. The van der Waals surface area contributed by atoms with Crippen LogP contribution in [-0.2, 0) is 0 Å². The second kappa shape index (κ2) is 6.35. The van der Waals surface area contributed by atoms with Crippen molar-refractivity contribution in [2.24, 2.45) is 0 Å². The van der Waals surface area contributed by atoms with E-state index in [2.05, 4.69) is 47.1 Å². The fraction of sp³-hybridized carbons (Fsp3) is 0.167. The van der Waals surface area contributed by atoms with Crippen molar-refractivity contribution in [3.63, 3.8) is 0 Å². The number of rotatable bonds is 1. The quantitative estimate of drug-likeness (QED) is 0.753. The zero-order chi connectivity index (χ0) is 10.2. The van der Waals surface area contributed by atoms with Crippen LogP contribution in [-0.4, -0.2) is 14.1 Å². The van der Waals surface area contributed by atoms with Crippen molar-refractivity contribution in [2.45, 2.75) is 0 Å². The molecule has 0 bridgehead atoms. The second-order valence-electron chi connectivity index (χ2n) is 2.84. The molecule has 1 N–H and O–H groups in total. The van der Waals surface area contributed by atoms with E-state index in [9.17, 15) is 0 Å². The summed E-state index contributed by atoms with van der Waals surface area (Å²) in [6.07, 6.45) is 0. The molecular weight excluding hydrogens is 190 g/mol. The van der Waals surface area contributed by atoms with E-state index in [1.54, 1.807) is 11.3 Å². The lowest BCUT2D eigenvalue weighted by Crippen LogP contribution is -1.89. The molecule has 0 spiro atoms. The molecule has 1 aromatic carbocycles. The van der Waals surface area contributed by atoms with Gasteiger partial charge in [-0.15, -0.1) is 11.3 Å². The molecule has 2 rings (SSSR count). The van der Waals surface area contributed by atoms with Crippen molar-refractivity contribution >= 4 is 11.3 Å². The van der Waals surface area contributed by atoms with Crippen molar-refractivity contribution < 1.29 is 0 Å². The predicted octanol–water partition coefficient (Wildman–Crippen LogP) is 3.25. The molecule has 0 radical (unpaired) electrons. The van der Waals surface area contributed by atoms with E-state index in [0.29, 0.717) is 0 Å². The fourth-order valence-electron chi connectivity index (χ4n) is 1.05. The van der Waals surface area contributed by atoms with E-state index < -0.39 is 0 Å². The molecular formula is C12H15NS. The van der Waals surface area contributed by atoms with E-state index in [-0.39, 0.29) is 0 Å². The first-order valence-corrected chi connectivity index (χ1v) is 5.44. The summed E-state index contributed by atoms with van der Waals surface area (Å²) in [5.41, 5.74) is 1.31. The second-order valence-corrected chi connectivity index (χ2v) is 3.79. The average Bonchev–Trinajstić information content (AvgIpc) is 2.73. The van der Waals surface area contributed by atoms with Gasteiger partial charge in [-0.05, 0) is 31.1 Å². The minimum Gasteiger partial charge on any atom is -0.323 e. The number of benzene rings is 1. The Morgan fingerprint density at radius 3 is 2.07 bits per heavy atom. The van der Waals surface area contributed by atoms with Crippen molar-refractivity contribution in [3.05, 3.63) is 47.8 Å². The molecule has 0 unspecified atom stereocenters. The Morgan fingerprint density at radius 2 is 1.57 bits per heavy atom. The minimum atomic E-state index is 1.31. The monoisotopic (exact) mass is 205 g/mol. The summed E-state index contributed by atoms with van der Waals surface area (Å²) in [7, 11) is 3.75. The first-order valence-electron chi connectivity index (χ1n) is 4.56. The van der Waals surface area contributed by atoms with Gasteiger partial charge >= 0.3 is 0 Å². The van der Waals surface area contributed by atoms with E-state index in [1.807, 2.05) is 20.2 Å². The van der Waals surface area contributed by atoms with Crippen molar-refractivity contribution in [1.82, 2.24) is 5.32 Å². The summed E-state index contributed by atoms with van der Waals surface area (Å²) in [6, 6.07) is 14.6. The Kier molecular flexibility index (Phi) is 4.97. The van der Waals surface area contributed by atoms with Gasteiger partial charge in [-0.25, -0.2) is 0 Å². The third-order valence-corrected chi connectivity index (χ3v) is 2.50. The topological polar surface area (TPSA) is 12.0 Å². The maximum Gasteiger partial charge on any atom is 0.0342 e. The van der Waals surface area contributed by atoms with Gasteiger partial charge in [0.25, 0.3) is 0 Å². The standard InChI is InChI=1S/C10H8S.C2H7N/c1-2-5-9(6-3-1)10-7-4-8-11-10;1-3-2/h1-8H;3H,1-2H3. The first-order chi connectivity index (χ1) is 6.88. The van der Waals surface area contributed by atoms with Crippen molar-refractivity contribution in [1.29, 1.82) is 0 Å². The van der Waals surface area contributed by atoms with E-state index >= 15 is 0 Å². The summed E-state index contributed by atoms with van der Waals surface area (Å²) in [5, 5.41) is 4.85. The van der Waals surface area contributed by atoms with Gasteiger partial charge in [0, 0.05) is 4.88 Å². The van der Waals surface area contributed by atoms with Crippen LogP contribution in [0.4, 0.5) is 0 Å². The van der Waals surface area contributed by atoms with Crippen LogP contribution in [0.2, 0.25) is 0 Å². The molecule has 0 fully saturated rings. The molecule has 0 amide bonds. The highest BCUT2D eigenvalue weighted by Gasteiger charge is 1.93. The zero-order valence-corrected chi connectivity index (χ0v) is 9.34. The first kappa shape index (κ1) is 11.0. The highest BCUT2D eigenvalue weighted by molar-refractivity contribution is 7.13. The van der Waals surface area contributed by atoms with Gasteiger partial charge in [0.05, 0.1) is 0 Å². The zero-order valence-electron chi connectivity index (χ0n) is 8.53. The molecule has 0 aliphatic carbocycles. The third-order valence-electron chi connectivity index (χ3n) is 1.58. The fourth-order valence-corrected chi connectivity index (χ4v) is 1.78. The number of thiophene rings is 1. The molecule has 1 nitrogen and oxygen atoms in total. The van der Waals surface area contributed by atoms with Crippen LogP contribution in [0.25, 0.3) is 10.4 Å². The van der Waals surface area contributed by atoms with Crippen molar-refractivity contribution in [2.75, 3.05) is 14.1 Å². The van der Waals surface area contributed by atoms with Gasteiger partial charge in [-0.3, -0.25) is 0 Å². The predicted molar refractivity (Wildman–Crippen MR) is 64.7 cm³/mol. The summed E-state index contributed by atoms with van der Waals surface area (Å²) in [5.74, 6) is 0. The smallest absolute Gasteiger partial charge is 0.0342 e. The van der Waals surface area contributed by atoms with Crippen LogP contribution < -0.4 is 5.32 Å². The molecule has 14 heavy (non-hydrogen) atoms. The Morgan fingerprint density at radius 1 is 0.929 bits per heavy atom. The minimum absolute atomic E-state index is 1.31. The average molecular weight is 205 g/mol. The molecule has 0 aliphatic rings. The van der Waals surface area contributed by atoms with E-state index in [1.165, 1.54) is 10.4 Å². The van der Waals surface area contributed by atoms with Crippen molar-refractivity contribution in [3.8, 4) is 10.4 Å². The lowest BCUT2D eigenvalue weighted by atomic mass is 10.2. The molecule has 1 aromatic heterocycles. The Bertz CT molecular complexity index is 326. The van der Waals surface area contributed by atoms with Gasteiger partial charge in [0.2, 0.25) is 0 Å². The molecule has 0 saturated carbocycles. The molecule has 2 aromatic rings. The Hall–Kier alpha value is -1.12.